The monoisotopic (exact) mass is 438 g/mol. The largest absolute Gasteiger partial charge is 0.376 e. The molecule has 1 heterocycles. The molecule has 0 radical (unpaired) electrons. The fourth-order valence-electron chi connectivity index (χ4n) is 2.81. The second kappa shape index (κ2) is 10.2. The third-order valence-electron chi connectivity index (χ3n) is 4.21. The molecule has 1 saturated heterocycles. The molecule has 148 valence electrons. The lowest BCUT2D eigenvalue weighted by atomic mass is 10.1. The Bertz CT molecular complexity index is 857. The van der Waals surface area contributed by atoms with Gasteiger partial charge in [0.15, 0.2) is 0 Å². The van der Waals surface area contributed by atoms with E-state index in [1.54, 1.807) is 42.5 Å². The highest BCUT2D eigenvalue weighted by molar-refractivity contribution is 8.00. The first-order valence-electron chi connectivity index (χ1n) is 8.89. The van der Waals surface area contributed by atoms with Crippen molar-refractivity contribution in [1.29, 1.82) is 0 Å². The maximum atomic E-state index is 12.5. The van der Waals surface area contributed by atoms with Gasteiger partial charge in [-0.2, -0.15) is 0 Å². The van der Waals surface area contributed by atoms with Gasteiger partial charge in [0.2, 0.25) is 5.91 Å². The number of rotatable bonds is 7. The summed E-state index contributed by atoms with van der Waals surface area (Å²) in [5.41, 5.74) is 0.884. The number of ether oxygens (including phenoxy) is 1. The van der Waals surface area contributed by atoms with Crippen LogP contribution in [-0.2, 0) is 9.53 Å². The van der Waals surface area contributed by atoms with Crippen molar-refractivity contribution < 1.29 is 14.3 Å². The van der Waals surface area contributed by atoms with Crippen molar-refractivity contribution >= 4 is 52.5 Å². The van der Waals surface area contributed by atoms with Crippen LogP contribution in [0.1, 0.15) is 23.2 Å². The van der Waals surface area contributed by atoms with Crippen LogP contribution in [0.25, 0.3) is 0 Å². The van der Waals surface area contributed by atoms with E-state index < -0.39 is 0 Å². The summed E-state index contributed by atoms with van der Waals surface area (Å²) in [4.78, 5) is 25.6. The Morgan fingerprint density at radius 3 is 2.79 bits per heavy atom. The van der Waals surface area contributed by atoms with Crippen molar-refractivity contribution in [2.24, 2.45) is 0 Å². The SMILES string of the molecule is O=C(CSc1cc(Cl)ccc1Cl)Nc1ccccc1C(=O)NCC1CCCO1. The number of para-hydroxylation sites is 1. The van der Waals surface area contributed by atoms with Crippen molar-refractivity contribution in [1.82, 2.24) is 5.32 Å². The van der Waals surface area contributed by atoms with E-state index in [2.05, 4.69) is 10.6 Å². The van der Waals surface area contributed by atoms with E-state index in [9.17, 15) is 9.59 Å². The van der Waals surface area contributed by atoms with Crippen molar-refractivity contribution in [3.63, 3.8) is 0 Å². The number of hydrogen-bond donors (Lipinski definition) is 2. The Balaban J connectivity index is 1.58. The summed E-state index contributed by atoms with van der Waals surface area (Å²) >= 11 is 13.4. The van der Waals surface area contributed by atoms with Crippen LogP contribution < -0.4 is 10.6 Å². The van der Waals surface area contributed by atoms with Crippen LogP contribution in [0.4, 0.5) is 5.69 Å². The number of halogens is 2. The van der Waals surface area contributed by atoms with Gasteiger partial charge >= 0.3 is 0 Å². The Hall–Kier alpha value is -1.73. The van der Waals surface area contributed by atoms with E-state index in [0.717, 1.165) is 24.3 Å². The number of carbonyl (C=O) groups excluding carboxylic acids is 2. The van der Waals surface area contributed by atoms with Crippen LogP contribution in [0.3, 0.4) is 0 Å². The van der Waals surface area contributed by atoms with Crippen LogP contribution >= 0.6 is 35.0 Å². The zero-order chi connectivity index (χ0) is 19.9. The molecule has 5 nitrogen and oxygen atoms in total. The predicted molar refractivity (Wildman–Crippen MR) is 114 cm³/mol. The average Bonchev–Trinajstić information content (AvgIpc) is 3.21. The van der Waals surface area contributed by atoms with Crippen LogP contribution in [0.15, 0.2) is 47.4 Å². The highest BCUT2D eigenvalue weighted by atomic mass is 35.5. The summed E-state index contributed by atoms with van der Waals surface area (Å²) in [5.74, 6) is -0.330. The molecular formula is C20H20Cl2N2O3S. The lowest BCUT2D eigenvalue weighted by Crippen LogP contribution is -2.32. The smallest absolute Gasteiger partial charge is 0.253 e. The Labute approximate surface area is 178 Å². The normalized spacial score (nSPS) is 16.0. The Kier molecular flexibility index (Phi) is 7.62. The summed E-state index contributed by atoms with van der Waals surface area (Å²) in [6.07, 6.45) is 2.02. The molecule has 8 heteroatoms. The van der Waals surface area contributed by atoms with Crippen molar-refractivity contribution in [3.8, 4) is 0 Å². The average molecular weight is 439 g/mol. The third kappa shape index (κ3) is 5.88. The van der Waals surface area contributed by atoms with E-state index in [0.29, 0.717) is 27.8 Å². The predicted octanol–water partition coefficient (Wildman–Crippen LogP) is 4.63. The minimum absolute atomic E-state index is 0.0598. The molecule has 1 fully saturated rings. The van der Waals surface area contributed by atoms with Gasteiger partial charge in [-0.05, 0) is 43.2 Å². The first-order chi connectivity index (χ1) is 13.5. The number of hydrogen-bond acceptors (Lipinski definition) is 4. The van der Waals surface area contributed by atoms with Crippen LogP contribution in [0.2, 0.25) is 10.0 Å². The minimum Gasteiger partial charge on any atom is -0.376 e. The first kappa shape index (κ1) is 21.0. The summed E-state index contributed by atoms with van der Waals surface area (Å²) < 4.78 is 5.52. The molecule has 2 aromatic carbocycles. The van der Waals surface area contributed by atoms with Gasteiger partial charge in [-0.3, -0.25) is 9.59 Å². The molecule has 1 aliphatic rings. The molecule has 1 aliphatic heterocycles. The quantitative estimate of drug-likeness (QED) is 0.618. The Morgan fingerprint density at radius 2 is 2.00 bits per heavy atom. The number of carbonyl (C=O) groups is 2. The van der Waals surface area contributed by atoms with E-state index in [1.807, 2.05) is 0 Å². The molecule has 2 aromatic rings. The molecule has 0 aliphatic carbocycles. The second-order valence-electron chi connectivity index (χ2n) is 6.30. The molecule has 0 bridgehead atoms. The summed E-state index contributed by atoms with van der Waals surface area (Å²) in [7, 11) is 0. The van der Waals surface area contributed by atoms with Crippen LogP contribution in [-0.4, -0.2) is 36.8 Å². The zero-order valence-electron chi connectivity index (χ0n) is 15.0. The highest BCUT2D eigenvalue weighted by Crippen LogP contribution is 2.30. The van der Waals surface area contributed by atoms with Gasteiger partial charge in [-0.15, -0.1) is 11.8 Å². The van der Waals surface area contributed by atoms with Gasteiger partial charge in [0.25, 0.3) is 5.91 Å². The third-order valence-corrected chi connectivity index (χ3v) is 5.94. The molecule has 1 unspecified atom stereocenters. The van der Waals surface area contributed by atoms with Gasteiger partial charge in [0.1, 0.15) is 0 Å². The van der Waals surface area contributed by atoms with Gasteiger partial charge in [0, 0.05) is 23.1 Å². The van der Waals surface area contributed by atoms with Crippen molar-refractivity contribution in [3.05, 3.63) is 58.1 Å². The lowest BCUT2D eigenvalue weighted by molar-refractivity contribution is -0.113. The number of amides is 2. The summed E-state index contributed by atoms with van der Waals surface area (Å²) in [6.45, 7) is 1.20. The lowest BCUT2D eigenvalue weighted by Gasteiger charge is -2.14. The molecule has 0 spiro atoms. The highest BCUT2D eigenvalue weighted by Gasteiger charge is 2.18. The molecule has 2 amide bonds. The van der Waals surface area contributed by atoms with E-state index in [1.165, 1.54) is 11.8 Å². The van der Waals surface area contributed by atoms with Gasteiger partial charge in [0.05, 0.1) is 28.1 Å². The number of anilines is 1. The van der Waals surface area contributed by atoms with E-state index >= 15 is 0 Å². The number of nitrogens with one attached hydrogen (secondary N) is 2. The van der Waals surface area contributed by atoms with Gasteiger partial charge in [-0.25, -0.2) is 0 Å². The maximum Gasteiger partial charge on any atom is 0.253 e. The van der Waals surface area contributed by atoms with Gasteiger partial charge < -0.3 is 15.4 Å². The maximum absolute atomic E-state index is 12.5. The topological polar surface area (TPSA) is 67.4 Å². The zero-order valence-corrected chi connectivity index (χ0v) is 17.4. The number of thioether (sulfide) groups is 1. The standard InChI is InChI=1S/C20H20Cl2N2O3S/c21-13-7-8-16(22)18(10-13)28-12-19(25)24-17-6-2-1-5-15(17)20(26)23-11-14-4-3-9-27-14/h1-2,5-8,10,14H,3-4,9,11-12H2,(H,23,26)(H,24,25). The van der Waals surface area contributed by atoms with Gasteiger partial charge in [-0.1, -0.05) is 35.3 Å². The van der Waals surface area contributed by atoms with Crippen LogP contribution in [0.5, 0.6) is 0 Å². The summed E-state index contributed by atoms with van der Waals surface area (Å²) in [6, 6.07) is 12.0. The first-order valence-corrected chi connectivity index (χ1v) is 10.6. The Morgan fingerprint density at radius 1 is 1.18 bits per heavy atom. The molecule has 3 rings (SSSR count). The number of benzene rings is 2. The second-order valence-corrected chi connectivity index (χ2v) is 8.16. The molecule has 2 N–H and O–H groups in total. The van der Waals surface area contributed by atoms with Crippen LogP contribution in [0, 0.1) is 0 Å². The molecule has 0 aromatic heterocycles. The minimum atomic E-state index is -0.239. The fourth-order valence-corrected chi connectivity index (χ4v) is 4.11. The van der Waals surface area contributed by atoms with E-state index in [-0.39, 0.29) is 23.7 Å². The molecule has 1 atom stereocenters. The van der Waals surface area contributed by atoms with Crippen molar-refractivity contribution in [2.75, 3.05) is 24.2 Å². The fraction of sp³-hybridized carbons (Fsp3) is 0.300. The van der Waals surface area contributed by atoms with E-state index in [4.69, 9.17) is 27.9 Å². The summed E-state index contributed by atoms with van der Waals surface area (Å²) in [5, 5.41) is 6.76. The van der Waals surface area contributed by atoms with Crippen molar-refractivity contribution in [2.45, 2.75) is 23.8 Å². The molecule has 28 heavy (non-hydrogen) atoms. The molecule has 0 saturated carbocycles. The molecular weight excluding hydrogens is 419 g/mol.